The van der Waals surface area contributed by atoms with Gasteiger partial charge in [0.2, 0.25) is 0 Å². The molecule has 0 spiro atoms. The van der Waals surface area contributed by atoms with Crippen LogP contribution in [0.2, 0.25) is 5.02 Å². The van der Waals surface area contributed by atoms with Gasteiger partial charge in [0.05, 0.1) is 11.3 Å². The van der Waals surface area contributed by atoms with Gasteiger partial charge in [-0.25, -0.2) is 4.39 Å². The van der Waals surface area contributed by atoms with Crippen molar-refractivity contribution in [3.8, 4) is 0 Å². The average molecular weight is 388 g/mol. The number of amides is 1. The lowest BCUT2D eigenvalue weighted by Crippen LogP contribution is -2.19. The molecule has 2 rings (SSSR count). The second-order valence-electron chi connectivity index (χ2n) is 4.10. The molecule has 0 aromatic heterocycles. The summed E-state index contributed by atoms with van der Waals surface area (Å²) in [6, 6.07) is 8.97. The fourth-order valence-electron chi connectivity index (χ4n) is 1.73. The lowest BCUT2D eigenvalue weighted by molar-refractivity contribution is 0.102. The van der Waals surface area contributed by atoms with E-state index in [2.05, 4.69) is 21.2 Å². The van der Waals surface area contributed by atoms with Crippen molar-refractivity contribution in [2.24, 2.45) is 5.73 Å². The topological polar surface area (TPSA) is 55.1 Å². The van der Waals surface area contributed by atoms with Crippen LogP contribution in [0.25, 0.3) is 0 Å². The largest absolute Gasteiger partial charge is 0.389 e. The molecule has 0 radical (unpaired) electrons. The maximum Gasteiger partial charge on any atom is 0.259 e. The fourth-order valence-corrected chi connectivity index (χ4v) is 2.61. The minimum absolute atomic E-state index is 0.105. The van der Waals surface area contributed by atoms with E-state index in [4.69, 9.17) is 29.6 Å². The summed E-state index contributed by atoms with van der Waals surface area (Å²) in [5.74, 6) is -1.26. The maximum absolute atomic E-state index is 13.8. The third-order valence-corrected chi connectivity index (χ3v) is 3.80. The van der Waals surface area contributed by atoms with Gasteiger partial charge in [-0.1, -0.05) is 29.9 Å². The predicted octanol–water partition coefficient (Wildman–Crippen LogP) is 4.13. The molecule has 0 heterocycles. The van der Waals surface area contributed by atoms with Crippen molar-refractivity contribution in [1.29, 1.82) is 0 Å². The van der Waals surface area contributed by atoms with Gasteiger partial charge in [-0.3, -0.25) is 4.79 Å². The summed E-state index contributed by atoms with van der Waals surface area (Å²) < 4.78 is 14.1. The van der Waals surface area contributed by atoms with Crippen molar-refractivity contribution in [3.05, 3.63) is 62.8 Å². The van der Waals surface area contributed by atoms with Crippen molar-refractivity contribution < 1.29 is 9.18 Å². The molecule has 21 heavy (non-hydrogen) atoms. The molecule has 7 heteroatoms. The van der Waals surface area contributed by atoms with Crippen LogP contribution in [0.4, 0.5) is 10.1 Å². The van der Waals surface area contributed by atoms with Crippen LogP contribution in [0, 0.1) is 5.82 Å². The van der Waals surface area contributed by atoms with E-state index in [1.54, 1.807) is 18.2 Å². The Kier molecular flexibility index (Phi) is 4.92. The van der Waals surface area contributed by atoms with Crippen LogP contribution in [0.3, 0.4) is 0 Å². The Balaban J connectivity index is 2.40. The van der Waals surface area contributed by atoms with Gasteiger partial charge in [0.15, 0.2) is 0 Å². The highest BCUT2D eigenvalue weighted by molar-refractivity contribution is 9.10. The van der Waals surface area contributed by atoms with Crippen molar-refractivity contribution in [1.82, 2.24) is 0 Å². The van der Waals surface area contributed by atoms with Gasteiger partial charge in [-0.15, -0.1) is 0 Å². The molecule has 108 valence electrons. The van der Waals surface area contributed by atoms with E-state index >= 15 is 0 Å². The molecule has 0 aliphatic carbocycles. The molecule has 0 saturated heterocycles. The Hall–Kier alpha value is -1.50. The number of halogens is 3. The number of carbonyl (C=O) groups excluding carboxylic acids is 1. The number of anilines is 1. The summed E-state index contributed by atoms with van der Waals surface area (Å²) >= 11 is 14.0. The zero-order valence-electron chi connectivity index (χ0n) is 10.5. The van der Waals surface area contributed by atoms with Crippen LogP contribution < -0.4 is 11.1 Å². The fraction of sp³-hybridized carbons (Fsp3) is 0. The number of nitrogens with one attached hydrogen (secondary N) is 1. The van der Waals surface area contributed by atoms with E-state index in [0.29, 0.717) is 20.7 Å². The summed E-state index contributed by atoms with van der Waals surface area (Å²) in [6.45, 7) is 0. The smallest absolute Gasteiger partial charge is 0.259 e. The van der Waals surface area contributed by atoms with Crippen molar-refractivity contribution >= 4 is 56.3 Å². The number of nitrogens with two attached hydrogens (primary N) is 1. The second kappa shape index (κ2) is 6.51. The van der Waals surface area contributed by atoms with Gasteiger partial charge in [0.25, 0.3) is 5.91 Å². The minimum Gasteiger partial charge on any atom is -0.389 e. The summed E-state index contributed by atoms with van der Waals surface area (Å²) in [6.07, 6.45) is 0. The molecule has 0 bridgehead atoms. The first kappa shape index (κ1) is 15.9. The predicted molar refractivity (Wildman–Crippen MR) is 89.4 cm³/mol. The van der Waals surface area contributed by atoms with E-state index in [1.165, 1.54) is 18.2 Å². The molecule has 3 nitrogen and oxygen atoms in total. The Morgan fingerprint density at radius 3 is 2.67 bits per heavy atom. The lowest BCUT2D eigenvalue weighted by atomic mass is 10.1. The third kappa shape index (κ3) is 3.58. The van der Waals surface area contributed by atoms with Gasteiger partial charge in [-0.2, -0.15) is 0 Å². The molecule has 0 fully saturated rings. The Morgan fingerprint density at radius 1 is 1.33 bits per heavy atom. The van der Waals surface area contributed by atoms with E-state index in [0.717, 1.165) is 0 Å². The first-order chi connectivity index (χ1) is 9.90. The highest BCUT2D eigenvalue weighted by Gasteiger charge is 2.17. The first-order valence-electron chi connectivity index (χ1n) is 5.75. The van der Waals surface area contributed by atoms with Gasteiger partial charge in [0.1, 0.15) is 10.8 Å². The van der Waals surface area contributed by atoms with Gasteiger partial charge < -0.3 is 11.1 Å². The summed E-state index contributed by atoms with van der Waals surface area (Å²) in [5.41, 5.74) is 6.27. The summed E-state index contributed by atoms with van der Waals surface area (Å²) in [5, 5.41) is 2.97. The quantitative estimate of drug-likeness (QED) is 0.779. The molecule has 0 atom stereocenters. The molecule has 2 aromatic rings. The highest BCUT2D eigenvalue weighted by atomic mass is 79.9. The lowest BCUT2D eigenvalue weighted by Gasteiger charge is -2.12. The number of hydrogen-bond donors (Lipinski definition) is 2. The number of hydrogen-bond acceptors (Lipinski definition) is 2. The van der Waals surface area contributed by atoms with Gasteiger partial charge in [0, 0.05) is 15.1 Å². The second-order valence-corrected chi connectivity index (χ2v) is 5.84. The first-order valence-corrected chi connectivity index (χ1v) is 7.33. The number of carbonyl (C=O) groups is 1. The standard InChI is InChI=1S/C14H9BrClFN2OS/c15-9-2-1-3-10(17)12(9)14(20)19-11-6-7(16)4-5-8(11)13(18)21/h1-6H,(H2,18,21)(H,19,20). The van der Waals surface area contributed by atoms with Crippen LogP contribution in [0.5, 0.6) is 0 Å². The third-order valence-electron chi connectivity index (χ3n) is 2.69. The summed E-state index contributed by atoms with van der Waals surface area (Å²) in [7, 11) is 0. The van der Waals surface area contributed by atoms with E-state index < -0.39 is 11.7 Å². The summed E-state index contributed by atoms with van der Waals surface area (Å²) in [4.78, 5) is 12.3. The molecular formula is C14H9BrClFN2OS. The maximum atomic E-state index is 13.8. The van der Waals surface area contributed by atoms with E-state index in [1.807, 2.05) is 0 Å². The van der Waals surface area contributed by atoms with E-state index in [-0.39, 0.29) is 10.6 Å². The van der Waals surface area contributed by atoms with Gasteiger partial charge >= 0.3 is 0 Å². The molecule has 1 amide bonds. The van der Waals surface area contributed by atoms with Crippen LogP contribution >= 0.6 is 39.7 Å². The molecule has 0 aliphatic heterocycles. The molecule has 0 saturated carbocycles. The Morgan fingerprint density at radius 2 is 2.05 bits per heavy atom. The minimum atomic E-state index is -0.638. The SMILES string of the molecule is NC(=S)c1ccc(Cl)cc1NC(=O)c1c(F)cccc1Br. The average Bonchev–Trinajstić information content (AvgIpc) is 2.38. The molecule has 0 unspecified atom stereocenters. The Labute approximate surface area is 139 Å². The van der Waals surface area contributed by atoms with Crippen LogP contribution in [-0.2, 0) is 0 Å². The van der Waals surface area contributed by atoms with Crippen molar-refractivity contribution in [2.45, 2.75) is 0 Å². The zero-order valence-corrected chi connectivity index (χ0v) is 13.7. The molecular weight excluding hydrogens is 379 g/mol. The van der Waals surface area contributed by atoms with Crippen LogP contribution in [-0.4, -0.2) is 10.9 Å². The number of rotatable bonds is 3. The van der Waals surface area contributed by atoms with Crippen molar-refractivity contribution in [3.63, 3.8) is 0 Å². The number of benzene rings is 2. The molecule has 0 aliphatic rings. The molecule has 2 aromatic carbocycles. The Bertz CT molecular complexity index is 719. The van der Waals surface area contributed by atoms with Gasteiger partial charge in [-0.05, 0) is 46.3 Å². The zero-order chi connectivity index (χ0) is 15.6. The highest BCUT2D eigenvalue weighted by Crippen LogP contribution is 2.24. The normalized spacial score (nSPS) is 10.2. The van der Waals surface area contributed by atoms with E-state index in [9.17, 15) is 9.18 Å². The monoisotopic (exact) mass is 386 g/mol. The molecule has 3 N–H and O–H groups in total. The van der Waals surface area contributed by atoms with Crippen LogP contribution in [0.15, 0.2) is 40.9 Å². The number of thiocarbonyl (C=S) groups is 1. The van der Waals surface area contributed by atoms with Crippen molar-refractivity contribution in [2.75, 3.05) is 5.32 Å². The van der Waals surface area contributed by atoms with Crippen LogP contribution in [0.1, 0.15) is 15.9 Å².